The molecule has 0 bridgehead atoms. The summed E-state index contributed by atoms with van der Waals surface area (Å²) in [5.74, 6) is 1.10. The van der Waals surface area contributed by atoms with E-state index in [0.29, 0.717) is 6.04 Å². The Morgan fingerprint density at radius 2 is 2.24 bits per heavy atom. The van der Waals surface area contributed by atoms with E-state index in [4.69, 9.17) is 4.74 Å². The van der Waals surface area contributed by atoms with Crippen molar-refractivity contribution >= 4 is 5.82 Å². The summed E-state index contributed by atoms with van der Waals surface area (Å²) in [6.45, 7) is 8.09. The number of hydrogen-bond acceptors (Lipinski definition) is 5. The minimum absolute atomic E-state index is 0.510. The Bertz CT molecular complexity index is 409. The standard InChI is InChI=1S/C16H28N4O/c1-14-13-19(2)8-4-9-20(14)16-6-5-15(12-18-16)11-17-7-10-21-3/h5-6,12,14,17H,4,7-11,13H2,1-3H3. The van der Waals surface area contributed by atoms with Crippen LogP contribution in [0.25, 0.3) is 0 Å². The molecule has 0 aromatic carbocycles. The molecule has 1 N–H and O–H groups in total. The number of rotatable bonds is 6. The van der Waals surface area contributed by atoms with E-state index in [1.165, 1.54) is 18.5 Å². The van der Waals surface area contributed by atoms with Crippen molar-refractivity contribution in [3.8, 4) is 0 Å². The Balaban J connectivity index is 1.91. The SMILES string of the molecule is COCCNCc1ccc(N2CCCN(C)CC2C)nc1. The molecule has 1 saturated heterocycles. The molecule has 2 heterocycles. The van der Waals surface area contributed by atoms with Crippen LogP contribution in [0.1, 0.15) is 18.9 Å². The van der Waals surface area contributed by atoms with Gasteiger partial charge in [-0.05, 0) is 38.6 Å². The van der Waals surface area contributed by atoms with Crippen molar-refractivity contribution in [2.75, 3.05) is 51.8 Å². The molecule has 0 saturated carbocycles. The van der Waals surface area contributed by atoms with Gasteiger partial charge in [-0.15, -0.1) is 0 Å². The van der Waals surface area contributed by atoms with Crippen molar-refractivity contribution in [3.63, 3.8) is 0 Å². The second-order valence-corrected chi connectivity index (χ2v) is 5.85. The van der Waals surface area contributed by atoms with E-state index in [-0.39, 0.29) is 0 Å². The molecule has 5 nitrogen and oxygen atoms in total. The highest BCUT2D eigenvalue weighted by atomic mass is 16.5. The fourth-order valence-electron chi connectivity index (χ4n) is 2.81. The highest BCUT2D eigenvalue weighted by molar-refractivity contribution is 5.40. The second kappa shape index (κ2) is 8.32. The molecule has 5 heteroatoms. The first-order valence-electron chi connectivity index (χ1n) is 7.80. The molecular weight excluding hydrogens is 264 g/mol. The number of aromatic nitrogens is 1. The first-order chi connectivity index (χ1) is 10.2. The van der Waals surface area contributed by atoms with E-state index in [1.807, 2.05) is 6.20 Å². The predicted molar refractivity (Wildman–Crippen MR) is 86.7 cm³/mol. The van der Waals surface area contributed by atoms with Crippen LogP contribution < -0.4 is 10.2 Å². The fraction of sp³-hybridized carbons (Fsp3) is 0.688. The van der Waals surface area contributed by atoms with Gasteiger partial charge in [0.05, 0.1) is 6.61 Å². The number of hydrogen-bond donors (Lipinski definition) is 1. The Morgan fingerprint density at radius 1 is 1.38 bits per heavy atom. The monoisotopic (exact) mass is 292 g/mol. The minimum Gasteiger partial charge on any atom is -0.383 e. The Kier molecular flexibility index (Phi) is 6.42. The normalized spacial score (nSPS) is 20.5. The highest BCUT2D eigenvalue weighted by Crippen LogP contribution is 2.18. The maximum atomic E-state index is 5.02. The van der Waals surface area contributed by atoms with Crippen LogP contribution in [0.2, 0.25) is 0 Å². The van der Waals surface area contributed by atoms with Gasteiger partial charge in [-0.3, -0.25) is 0 Å². The van der Waals surface area contributed by atoms with E-state index >= 15 is 0 Å². The van der Waals surface area contributed by atoms with Gasteiger partial charge in [0.1, 0.15) is 5.82 Å². The topological polar surface area (TPSA) is 40.6 Å². The molecule has 1 aliphatic heterocycles. The van der Waals surface area contributed by atoms with E-state index in [0.717, 1.165) is 38.6 Å². The average molecular weight is 292 g/mol. The van der Waals surface area contributed by atoms with Gasteiger partial charge >= 0.3 is 0 Å². The third-order valence-electron chi connectivity index (χ3n) is 3.96. The van der Waals surface area contributed by atoms with Crippen molar-refractivity contribution in [3.05, 3.63) is 23.9 Å². The lowest BCUT2D eigenvalue weighted by Crippen LogP contribution is -2.38. The molecule has 21 heavy (non-hydrogen) atoms. The van der Waals surface area contributed by atoms with Gasteiger partial charge in [-0.1, -0.05) is 6.07 Å². The van der Waals surface area contributed by atoms with Crippen LogP contribution in [0.3, 0.4) is 0 Å². The molecule has 1 aromatic heterocycles. The lowest BCUT2D eigenvalue weighted by atomic mass is 10.2. The van der Waals surface area contributed by atoms with E-state index in [9.17, 15) is 0 Å². The van der Waals surface area contributed by atoms with Crippen molar-refractivity contribution in [2.24, 2.45) is 0 Å². The lowest BCUT2D eigenvalue weighted by Gasteiger charge is -2.29. The number of methoxy groups -OCH3 is 1. The maximum absolute atomic E-state index is 5.02. The molecular formula is C16H28N4O. The third kappa shape index (κ3) is 4.95. The van der Waals surface area contributed by atoms with E-state index in [2.05, 4.69) is 46.2 Å². The van der Waals surface area contributed by atoms with Gasteiger partial charge in [0, 0.05) is 45.5 Å². The lowest BCUT2D eigenvalue weighted by molar-refractivity contribution is 0.199. The largest absolute Gasteiger partial charge is 0.383 e. The predicted octanol–water partition coefficient (Wildman–Crippen LogP) is 1.35. The highest BCUT2D eigenvalue weighted by Gasteiger charge is 2.20. The molecule has 1 atom stereocenters. The second-order valence-electron chi connectivity index (χ2n) is 5.85. The van der Waals surface area contributed by atoms with E-state index in [1.54, 1.807) is 7.11 Å². The Labute approximate surface area is 128 Å². The quantitative estimate of drug-likeness (QED) is 0.802. The number of pyridine rings is 1. The molecule has 1 fully saturated rings. The molecule has 1 unspecified atom stereocenters. The van der Waals surface area contributed by atoms with Crippen LogP contribution in [-0.4, -0.2) is 62.9 Å². The van der Waals surface area contributed by atoms with Crippen LogP contribution in [-0.2, 0) is 11.3 Å². The first-order valence-corrected chi connectivity index (χ1v) is 7.80. The summed E-state index contributed by atoms with van der Waals surface area (Å²) >= 11 is 0. The van der Waals surface area contributed by atoms with Crippen molar-refractivity contribution in [1.82, 2.24) is 15.2 Å². The van der Waals surface area contributed by atoms with Gasteiger partial charge in [0.25, 0.3) is 0 Å². The van der Waals surface area contributed by atoms with Crippen molar-refractivity contribution < 1.29 is 4.74 Å². The minimum atomic E-state index is 0.510. The van der Waals surface area contributed by atoms with Gasteiger partial charge in [0.2, 0.25) is 0 Å². The first kappa shape index (κ1) is 16.2. The molecule has 0 amide bonds. The van der Waals surface area contributed by atoms with Crippen LogP contribution in [0.4, 0.5) is 5.82 Å². The molecule has 2 rings (SSSR count). The fourth-order valence-corrected chi connectivity index (χ4v) is 2.81. The van der Waals surface area contributed by atoms with Crippen LogP contribution >= 0.6 is 0 Å². The van der Waals surface area contributed by atoms with Crippen LogP contribution in [0.15, 0.2) is 18.3 Å². The smallest absolute Gasteiger partial charge is 0.128 e. The van der Waals surface area contributed by atoms with Crippen LogP contribution in [0.5, 0.6) is 0 Å². The Morgan fingerprint density at radius 3 is 2.95 bits per heavy atom. The molecule has 1 aromatic rings. The van der Waals surface area contributed by atoms with Gasteiger partial charge in [-0.2, -0.15) is 0 Å². The maximum Gasteiger partial charge on any atom is 0.128 e. The van der Waals surface area contributed by atoms with Crippen molar-refractivity contribution in [2.45, 2.75) is 25.9 Å². The summed E-state index contributed by atoms with van der Waals surface area (Å²) in [5, 5.41) is 3.34. The number of ether oxygens (including phenoxy) is 1. The Hall–Kier alpha value is -1.17. The zero-order chi connectivity index (χ0) is 15.1. The molecule has 0 radical (unpaired) electrons. The summed E-state index contributed by atoms with van der Waals surface area (Å²) in [4.78, 5) is 9.48. The molecule has 0 aliphatic carbocycles. The summed E-state index contributed by atoms with van der Waals surface area (Å²) < 4.78 is 5.02. The summed E-state index contributed by atoms with van der Waals surface area (Å²) in [6.07, 6.45) is 3.18. The number of likely N-dealkylation sites (N-methyl/N-ethyl adjacent to an activating group) is 1. The molecule has 1 aliphatic rings. The van der Waals surface area contributed by atoms with E-state index < -0.39 is 0 Å². The zero-order valence-corrected chi connectivity index (χ0v) is 13.5. The van der Waals surface area contributed by atoms with Crippen molar-refractivity contribution in [1.29, 1.82) is 0 Å². The summed E-state index contributed by atoms with van der Waals surface area (Å²) in [5.41, 5.74) is 1.22. The van der Waals surface area contributed by atoms with Gasteiger partial charge < -0.3 is 19.9 Å². The van der Waals surface area contributed by atoms with Gasteiger partial charge in [-0.25, -0.2) is 4.98 Å². The molecule has 0 spiro atoms. The third-order valence-corrected chi connectivity index (χ3v) is 3.96. The average Bonchev–Trinajstić information content (AvgIpc) is 2.65. The van der Waals surface area contributed by atoms with Gasteiger partial charge in [0.15, 0.2) is 0 Å². The number of nitrogens with zero attached hydrogens (tertiary/aromatic N) is 3. The zero-order valence-electron chi connectivity index (χ0n) is 13.5. The number of nitrogens with one attached hydrogen (secondary N) is 1. The summed E-state index contributed by atoms with van der Waals surface area (Å²) in [7, 11) is 3.92. The van der Waals surface area contributed by atoms with Crippen LogP contribution in [0, 0.1) is 0 Å². The number of anilines is 1. The molecule has 118 valence electrons. The summed E-state index contributed by atoms with van der Waals surface area (Å²) in [6, 6.07) is 4.83.